The second-order valence-electron chi connectivity index (χ2n) is 6.77. The monoisotopic (exact) mass is 368 g/mol. The van der Waals surface area contributed by atoms with E-state index in [0.717, 1.165) is 28.5 Å². The molecule has 0 spiro atoms. The fourth-order valence-electron chi connectivity index (χ4n) is 2.75. The fourth-order valence-corrected chi connectivity index (χ4v) is 3.87. The number of hydrogen-bond donors (Lipinski definition) is 0. The summed E-state index contributed by atoms with van der Waals surface area (Å²) in [6, 6.07) is 5.62. The normalized spacial score (nSPS) is 16.3. The summed E-state index contributed by atoms with van der Waals surface area (Å²) in [5, 5.41) is 0. The zero-order valence-electron chi connectivity index (χ0n) is 15.7. The molecule has 1 aromatic carbocycles. The van der Waals surface area contributed by atoms with Gasteiger partial charge >= 0.3 is 10.2 Å². The first-order valence-electron chi connectivity index (χ1n) is 8.36. The summed E-state index contributed by atoms with van der Waals surface area (Å²) >= 11 is 0. The van der Waals surface area contributed by atoms with Crippen LogP contribution in [0.25, 0.3) is 0 Å². The van der Waals surface area contributed by atoms with Gasteiger partial charge in [0.2, 0.25) is 5.91 Å². The molecule has 140 valence electrons. The van der Waals surface area contributed by atoms with Gasteiger partial charge in [-0.05, 0) is 38.1 Å². The maximum Gasteiger partial charge on any atom is 0.304 e. The summed E-state index contributed by atoms with van der Waals surface area (Å²) in [5.41, 5.74) is 2.32. The Bertz CT molecular complexity index is 725. The van der Waals surface area contributed by atoms with E-state index in [1.54, 1.807) is 4.90 Å². The van der Waals surface area contributed by atoms with E-state index in [1.165, 1.54) is 18.4 Å². The van der Waals surface area contributed by atoms with Crippen LogP contribution in [-0.4, -0.2) is 82.3 Å². The highest BCUT2D eigenvalue weighted by molar-refractivity contribution is 7.90. The van der Waals surface area contributed by atoms with E-state index >= 15 is 0 Å². The minimum Gasteiger partial charge on any atom is -0.339 e. The molecule has 8 heteroatoms. The number of piperazine rings is 1. The van der Waals surface area contributed by atoms with Gasteiger partial charge in [0, 0.05) is 40.3 Å². The number of carbonyl (C=O) groups is 1. The molecule has 1 heterocycles. The first kappa shape index (κ1) is 19.7. The number of hydrogen-bond acceptors (Lipinski definition) is 4. The third kappa shape index (κ3) is 4.50. The number of anilines is 1. The minimum atomic E-state index is -3.77. The number of nitrogens with zero attached hydrogens (tertiary/aromatic N) is 4. The van der Waals surface area contributed by atoms with Crippen molar-refractivity contribution >= 4 is 21.8 Å². The lowest BCUT2D eigenvalue weighted by molar-refractivity contribution is -0.131. The van der Waals surface area contributed by atoms with Crippen molar-refractivity contribution in [2.24, 2.45) is 0 Å². The van der Waals surface area contributed by atoms with Crippen LogP contribution in [0.4, 0.5) is 5.69 Å². The second kappa shape index (κ2) is 7.72. The summed E-state index contributed by atoms with van der Waals surface area (Å²) in [6.45, 7) is 6.43. The summed E-state index contributed by atoms with van der Waals surface area (Å²) in [4.78, 5) is 16.6. The van der Waals surface area contributed by atoms with Gasteiger partial charge in [-0.15, -0.1) is 0 Å². The molecule has 7 nitrogen and oxygen atoms in total. The Balaban J connectivity index is 2.33. The maximum absolute atomic E-state index is 12.8. The SMILES string of the molecule is Cc1ccc(C)c(N(CC(=O)N2CCN(C)CC2)S(=O)(=O)N(C)C)c1. The van der Waals surface area contributed by atoms with E-state index in [2.05, 4.69) is 4.90 Å². The molecule has 1 saturated heterocycles. The Labute approximate surface area is 151 Å². The van der Waals surface area contributed by atoms with E-state index in [4.69, 9.17) is 0 Å². The molecule has 1 fully saturated rings. The largest absolute Gasteiger partial charge is 0.339 e. The van der Waals surface area contributed by atoms with Gasteiger partial charge in [0.15, 0.2) is 0 Å². The predicted molar refractivity (Wildman–Crippen MR) is 99.9 cm³/mol. The first-order valence-corrected chi connectivity index (χ1v) is 9.76. The highest BCUT2D eigenvalue weighted by atomic mass is 32.2. The topological polar surface area (TPSA) is 64.2 Å². The van der Waals surface area contributed by atoms with Crippen molar-refractivity contribution < 1.29 is 13.2 Å². The van der Waals surface area contributed by atoms with Crippen molar-refractivity contribution in [1.82, 2.24) is 14.1 Å². The lowest BCUT2D eigenvalue weighted by Crippen LogP contribution is -2.52. The van der Waals surface area contributed by atoms with Crippen LogP contribution < -0.4 is 4.31 Å². The van der Waals surface area contributed by atoms with Crippen LogP contribution in [0.1, 0.15) is 11.1 Å². The number of benzene rings is 1. The van der Waals surface area contributed by atoms with Gasteiger partial charge in [-0.1, -0.05) is 12.1 Å². The lowest BCUT2D eigenvalue weighted by atomic mass is 10.1. The van der Waals surface area contributed by atoms with Gasteiger partial charge in [-0.25, -0.2) is 4.31 Å². The Kier molecular flexibility index (Phi) is 6.08. The molecule has 0 saturated carbocycles. The zero-order valence-corrected chi connectivity index (χ0v) is 16.5. The Morgan fingerprint density at radius 2 is 1.72 bits per heavy atom. The van der Waals surface area contributed by atoms with Crippen LogP contribution in [0.2, 0.25) is 0 Å². The molecule has 1 aromatic rings. The van der Waals surface area contributed by atoms with E-state index in [1.807, 2.05) is 39.1 Å². The highest BCUT2D eigenvalue weighted by Crippen LogP contribution is 2.25. The molecule has 25 heavy (non-hydrogen) atoms. The molecule has 0 aromatic heterocycles. The predicted octanol–water partition coefficient (Wildman–Crippen LogP) is 0.690. The van der Waals surface area contributed by atoms with Gasteiger partial charge in [-0.2, -0.15) is 12.7 Å². The van der Waals surface area contributed by atoms with Gasteiger partial charge in [0.05, 0.1) is 5.69 Å². The van der Waals surface area contributed by atoms with Crippen LogP contribution in [-0.2, 0) is 15.0 Å². The molecule has 1 aliphatic rings. The van der Waals surface area contributed by atoms with E-state index in [9.17, 15) is 13.2 Å². The van der Waals surface area contributed by atoms with Crippen molar-refractivity contribution in [1.29, 1.82) is 0 Å². The van der Waals surface area contributed by atoms with Gasteiger partial charge in [-0.3, -0.25) is 4.79 Å². The molecule has 1 aliphatic heterocycles. The second-order valence-corrected chi connectivity index (χ2v) is 8.84. The average molecular weight is 369 g/mol. The smallest absolute Gasteiger partial charge is 0.304 e. The van der Waals surface area contributed by atoms with E-state index < -0.39 is 10.2 Å². The number of rotatable bonds is 5. The number of amides is 1. The maximum atomic E-state index is 12.8. The van der Waals surface area contributed by atoms with Crippen LogP contribution in [0.15, 0.2) is 18.2 Å². The molecule has 0 atom stereocenters. The van der Waals surface area contributed by atoms with Crippen molar-refractivity contribution in [3.8, 4) is 0 Å². The van der Waals surface area contributed by atoms with Gasteiger partial charge in [0.25, 0.3) is 0 Å². The number of carbonyl (C=O) groups excluding carboxylic acids is 1. The number of aryl methyl sites for hydroxylation is 2. The van der Waals surface area contributed by atoms with Crippen LogP contribution in [0, 0.1) is 13.8 Å². The molecular formula is C17H28N4O3S. The summed E-state index contributed by atoms with van der Waals surface area (Å²) in [7, 11) is 1.21. The van der Waals surface area contributed by atoms with Crippen LogP contribution >= 0.6 is 0 Å². The summed E-state index contributed by atoms with van der Waals surface area (Å²) in [6.07, 6.45) is 0. The molecule has 2 rings (SSSR count). The zero-order chi connectivity index (χ0) is 18.8. The molecule has 0 unspecified atom stereocenters. The quantitative estimate of drug-likeness (QED) is 0.767. The van der Waals surface area contributed by atoms with Crippen molar-refractivity contribution in [3.05, 3.63) is 29.3 Å². The molecule has 0 aliphatic carbocycles. The third-order valence-corrected chi connectivity index (χ3v) is 6.31. The van der Waals surface area contributed by atoms with Gasteiger partial charge in [0.1, 0.15) is 6.54 Å². The Hall–Kier alpha value is -1.64. The van der Waals surface area contributed by atoms with Crippen LogP contribution in [0.5, 0.6) is 0 Å². The molecular weight excluding hydrogens is 340 g/mol. The van der Waals surface area contributed by atoms with E-state index in [0.29, 0.717) is 18.8 Å². The average Bonchev–Trinajstić information content (AvgIpc) is 2.55. The lowest BCUT2D eigenvalue weighted by Gasteiger charge is -2.35. The number of likely N-dealkylation sites (N-methyl/N-ethyl adjacent to an activating group) is 1. The molecule has 0 N–H and O–H groups in total. The Morgan fingerprint density at radius 1 is 1.12 bits per heavy atom. The first-order chi connectivity index (χ1) is 11.6. The van der Waals surface area contributed by atoms with Crippen molar-refractivity contribution in [2.75, 3.05) is 58.2 Å². The van der Waals surface area contributed by atoms with E-state index in [-0.39, 0.29) is 12.5 Å². The van der Waals surface area contributed by atoms with Crippen molar-refractivity contribution in [2.45, 2.75) is 13.8 Å². The van der Waals surface area contributed by atoms with Crippen molar-refractivity contribution in [3.63, 3.8) is 0 Å². The standard InChI is InChI=1S/C17H28N4O3S/c1-14-6-7-15(2)16(12-14)21(25(23,24)18(3)4)13-17(22)20-10-8-19(5)9-11-20/h6-7,12H,8-11,13H2,1-5H3. The summed E-state index contributed by atoms with van der Waals surface area (Å²) in [5.74, 6) is -0.167. The third-order valence-electron chi connectivity index (χ3n) is 4.51. The fraction of sp³-hybridized carbons (Fsp3) is 0.588. The molecule has 0 bridgehead atoms. The van der Waals surface area contributed by atoms with Gasteiger partial charge < -0.3 is 9.80 Å². The highest BCUT2D eigenvalue weighted by Gasteiger charge is 2.30. The van der Waals surface area contributed by atoms with Crippen LogP contribution in [0.3, 0.4) is 0 Å². The Morgan fingerprint density at radius 3 is 2.28 bits per heavy atom. The minimum absolute atomic E-state index is 0.167. The molecule has 1 amide bonds. The molecule has 0 radical (unpaired) electrons. The summed E-state index contributed by atoms with van der Waals surface area (Å²) < 4.78 is 28.0.